The van der Waals surface area contributed by atoms with Gasteiger partial charge >= 0.3 is 0 Å². The molecule has 0 spiro atoms. The van der Waals surface area contributed by atoms with Gasteiger partial charge in [0.25, 0.3) is 0 Å². The van der Waals surface area contributed by atoms with Crippen LogP contribution in [0.5, 0.6) is 0 Å². The Morgan fingerprint density at radius 2 is 1.92 bits per heavy atom. The first-order valence-corrected chi connectivity index (χ1v) is 9.26. The second kappa shape index (κ2) is 7.28. The summed E-state index contributed by atoms with van der Waals surface area (Å²) >= 11 is 7.03. The molecule has 0 saturated carbocycles. The Balaban J connectivity index is 1.72. The van der Waals surface area contributed by atoms with Crippen molar-refractivity contribution in [1.29, 1.82) is 0 Å². The molecule has 5 heteroatoms. The monoisotopic (exact) mass is 355 g/mol. The number of aryl methyl sites for hydroxylation is 1. The molecule has 0 fully saturated rings. The molecule has 0 radical (unpaired) electrons. The number of nitrogens with zero attached hydrogens (tertiary/aromatic N) is 1. The maximum absolute atomic E-state index is 5.30. The summed E-state index contributed by atoms with van der Waals surface area (Å²) in [5, 5.41) is 8.13. The smallest absolute Gasteiger partial charge is 0.170 e. The average Bonchev–Trinajstić information content (AvgIpc) is 2.96. The standard InChI is InChI=1S/C19H21N3S2/c1-12(2)11-20-19(23)21-15-7-5-14(6-8-15)18-22-16-9-4-13(3)10-17(16)24-18/h4-10,12H,11H2,1-3H3,(H2,20,21,23). The van der Waals surface area contributed by atoms with Crippen molar-refractivity contribution in [2.75, 3.05) is 11.9 Å². The zero-order valence-corrected chi connectivity index (χ0v) is 15.7. The van der Waals surface area contributed by atoms with Crippen LogP contribution in [0.1, 0.15) is 19.4 Å². The van der Waals surface area contributed by atoms with E-state index in [4.69, 9.17) is 17.2 Å². The van der Waals surface area contributed by atoms with Crippen molar-refractivity contribution in [1.82, 2.24) is 10.3 Å². The Morgan fingerprint density at radius 3 is 2.62 bits per heavy atom. The Labute approximate surface area is 152 Å². The van der Waals surface area contributed by atoms with Gasteiger partial charge in [0.2, 0.25) is 0 Å². The first-order chi connectivity index (χ1) is 11.5. The fourth-order valence-corrected chi connectivity index (χ4v) is 3.59. The maximum Gasteiger partial charge on any atom is 0.170 e. The van der Waals surface area contributed by atoms with E-state index in [9.17, 15) is 0 Å². The van der Waals surface area contributed by atoms with Gasteiger partial charge in [0.1, 0.15) is 5.01 Å². The van der Waals surface area contributed by atoms with Crippen LogP contribution < -0.4 is 10.6 Å². The lowest BCUT2D eigenvalue weighted by atomic mass is 10.2. The molecule has 1 aromatic heterocycles. The van der Waals surface area contributed by atoms with E-state index in [1.165, 1.54) is 10.3 Å². The number of nitrogens with one attached hydrogen (secondary N) is 2. The minimum absolute atomic E-state index is 0.565. The van der Waals surface area contributed by atoms with Crippen LogP contribution in [-0.4, -0.2) is 16.6 Å². The third-order valence-corrected chi connectivity index (χ3v) is 4.92. The number of benzene rings is 2. The first kappa shape index (κ1) is 16.9. The molecule has 0 atom stereocenters. The van der Waals surface area contributed by atoms with Crippen molar-refractivity contribution >= 4 is 44.6 Å². The molecule has 24 heavy (non-hydrogen) atoms. The quantitative estimate of drug-likeness (QED) is 0.630. The van der Waals surface area contributed by atoms with E-state index in [1.54, 1.807) is 11.3 Å². The lowest BCUT2D eigenvalue weighted by Gasteiger charge is -2.12. The second-order valence-corrected chi connectivity index (χ2v) is 7.74. The van der Waals surface area contributed by atoms with Crippen LogP contribution in [0.4, 0.5) is 5.69 Å². The van der Waals surface area contributed by atoms with Gasteiger partial charge in [-0.3, -0.25) is 0 Å². The lowest BCUT2D eigenvalue weighted by molar-refractivity contribution is 0.627. The topological polar surface area (TPSA) is 37.0 Å². The van der Waals surface area contributed by atoms with Crippen LogP contribution in [-0.2, 0) is 0 Å². The summed E-state index contributed by atoms with van der Waals surface area (Å²) in [6.07, 6.45) is 0. The van der Waals surface area contributed by atoms with Gasteiger partial charge in [0.05, 0.1) is 10.2 Å². The van der Waals surface area contributed by atoms with E-state index in [0.717, 1.165) is 28.3 Å². The molecule has 0 aliphatic rings. The highest BCUT2D eigenvalue weighted by molar-refractivity contribution is 7.80. The van der Waals surface area contributed by atoms with Crippen molar-refractivity contribution < 1.29 is 0 Å². The summed E-state index contributed by atoms with van der Waals surface area (Å²) < 4.78 is 1.23. The summed E-state index contributed by atoms with van der Waals surface area (Å²) in [7, 11) is 0. The largest absolute Gasteiger partial charge is 0.362 e. The molecular formula is C19H21N3S2. The van der Waals surface area contributed by atoms with E-state index in [-0.39, 0.29) is 0 Å². The highest BCUT2D eigenvalue weighted by atomic mass is 32.1. The predicted octanol–water partition coefficient (Wildman–Crippen LogP) is 5.21. The fraction of sp³-hybridized carbons (Fsp3) is 0.263. The Kier molecular flexibility index (Phi) is 5.11. The minimum Gasteiger partial charge on any atom is -0.362 e. The average molecular weight is 356 g/mol. The van der Waals surface area contributed by atoms with E-state index in [0.29, 0.717) is 11.0 Å². The van der Waals surface area contributed by atoms with Crippen LogP contribution in [0.25, 0.3) is 20.8 Å². The maximum atomic E-state index is 5.30. The Bertz CT molecular complexity index is 851. The van der Waals surface area contributed by atoms with Crippen LogP contribution in [0.15, 0.2) is 42.5 Å². The van der Waals surface area contributed by atoms with Crippen LogP contribution in [0, 0.1) is 12.8 Å². The number of rotatable bonds is 4. The molecule has 0 bridgehead atoms. The van der Waals surface area contributed by atoms with Gasteiger partial charge in [0, 0.05) is 17.8 Å². The SMILES string of the molecule is Cc1ccc2nc(-c3ccc(NC(=S)NCC(C)C)cc3)sc2c1. The van der Waals surface area contributed by atoms with E-state index in [1.807, 2.05) is 12.1 Å². The van der Waals surface area contributed by atoms with Gasteiger partial charge in [-0.15, -0.1) is 11.3 Å². The minimum atomic E-state index is 0.565. The molecule has 2 aromatic carbocycles. The van der Waals surface area contributed by atoms with Gasteiger partial charge in [-0.2, -0.15) is 0 Å². The molecule has 0 aliphatic heterocycles. The molecule has 1 heterocycles. The van der Waals surface area contributed by atoms with E-state index < -0.39 is 0 Å². The molecule has 3 aromatic rings. The molecule has 0 aliphatic carbocycles. The van der Waals surface area contributed by atoms with E-state index >= 15 is 0 Å². The summed E-state index contributed by atoms with van der Waals surface area (Å²) in [6, 6.07) is 14.6. The van der Waals surface area contributed by atoms with Crippen LogP contribution in [0.2, 0.25) is 0 Å². The van der Waals surface area contributed by atoms with Gasteiger partial charge in [-0.1, -0.05) is 19.9 Å². The number of fused-ring (bicyclic) bond motifs is 1. The van der Waals surface area contributed by atoms with E-state index in [2.05, 4.69) is 61.7 Å². The summed E-state index contributed by atoms with van der Waals surface area (Å²) in [5.74, 6) is 0.565. The zero-order valence-electron chi connectivity index (χ0n) is 14.1. The molecule has 2 N–H and O–H groups in total. The number of thiazole rings is 1. The van der Waals surface area contributed by atoms with Crippen LogP contribution >= 0.6 is 23.6 Å². The van der Waals surface area contributed by atoms with Crippen molar-refractivity contribution in [3.63, 3.8) is 0 Å². The Morgan fingerprint density at radius 1 is 1.17 bits per heavy atom. The van der Waals surface area contributed by atoms with Crippen molar-refractivity contribution in [3.05, 3.63) is 48.0 Å². The predicted molar refractivity (Wildman–Crippen MR) is 109 cm³/mol. The normalized spacial score (nSPS) is 11.0. The van der Waals surface area contributed by atoms with Crippen molar-refractivity contribution in [2.45, 2.75) is 20.8 Å². The first-order valence-electron chi connectivity index (χ1n) is 8.04. The van der Waals surface area contributed by atoms with Gasteiger partial charge in [-0.25, -0.2) is 4.98 Å². The van der Waals surface area contributed by atoms with Gasteiger partial charge in [-0.05, 0) is 67.0 Å². The summed E-state index contributed by atoms with van der Waals surface area (Å²) in [4.78, 5) is 4.72. The number of hydrogen-bond acceptors (Lipinski definition) is 3. The van der Waals surface area contributed by atoms with Crippen LogP contribution in [0.3, 0.4) is 0 Å². The fourth-order valence-electron chi connectivity index (χ4n) is 2.32. The summed E-state index contributed by atoms with van der Waals surface area (Å²) in [6.45, 7) is 7.29. The molecule has 0 unspecified atom stereocenters. The Hall–Kier alpha value is -1.98. The molecule has 3 rings (SSSR count). The molecule has 0 saturated heterocycles. The van der Waals surface area contributed by atoms with Crippen molar-refractivity contribution in [2.24, 2.45) is 5.92 Å². The molecule has 124 valence electrons. The molecule has 3 nitrogen and oxygen atoms in total. The number of anilines is 1. The molecule has 0 amide bonds. The number of aromatic nitrogens is 1. The van der Waals surface area contributed by atoms with Crippen molar-refractivity contribution in [3.8, 4) is 10.6 Å². The van der Waals surface area contributed by atoms with Gasteiger partial charge < -0.3 is 10.6 Å². The highest BCUT2D eigenvalue weighted by Gasteiger charge is 2.07. The lowest BCUT2D eigenvalue weighted by Crippen LogP contribution is -2.31. The highest BCUT2D eigenvalue weighted by Crippen LogP contribution is 2.31. The van der Waals surface area contributed by atoms with Gasteiger partial charge in [0.15, 0.2) is 5.11 Å². The number of hydrogen-bond donors (Lipinski definition) is 2. The molecular weight excluding hydrogens is 334 g/mol. The second-order valence-electron chi connectivity index (χ2n) is 6.30. The summed E-state index contributed by atoms with van der Waals surface area (Å²) in [5.41, 5.74) is 4.43. The third kappa shape index (κ3) is 4.10. The zero-order chi connectivity index (χ0) is 17.1. The third-order valence-electron chi connectivity index (χ3n) is 3.60. The number of thiocarbonyl (C=S) groups is 1.